The summed E-state index contributed by atoms with van der Waals surface area (Å²) in [7, 11) is 0. The lowest BCUT2D eigenvalue weighted by Gasteiger charge is -2.11. The molecule has 100 valence electrons. The molecule has 0 bridgehead atoms. The summed E-state index contributed by atoms with van der Waals surface area (Å²) in [5.41, 5.74) is 0.00534. The van der Waals surface area contributed by atoms with Gasteiger partial charge < -0.3 is 9.88 Å². The molecule has 1 aromatic rings. The number of hydrogen-bond acceptors (Lipinski definition) is 3. The van der Waals surface area contributed by atoms with Crippen molar-refractivity contribution >= 4 is 5.82 Å². The van der Waals surface area contributed by atoms with E-state index in [2.05, 4.69) is 17.2 Å². The first-order valence-corrected chi connectivity index (χ1v) is 7.10. The van der Waals surface area contributed by atoms with Gasteiger partial charge in [0.1, 0.15) is 0 Å². The first-order valence-electron chi connectivity index (χ1n) is 7.10. The Morgan fingerprint density at radius 2 is 2.22 bits per heavy atom. The van der Waals surface area contributed by atoms with Gasteiger partial charge in [-0.1, -0.05) is 32.6 Å². The maximum absolute atomic E-state index is 12.0. The van der Waals surface area contributed by atoms with Crippen LogP contribution in [0.3, 0.4) is 0 Å². The van der Waals surface area contributed by atoms with Crippen LogP contribution >= 0.6 is 0 Å². The molecule has 0 unspecified atom stereocenters. The molecular weight excluding hydrogens is 226 g/mol. The lowest BCUT2D eigenvalue weighted by atomic mass is 10.0. The molecule has 0 amide bonds. The van der Waals surface area contributed by atoms with Crippen molar-refractivity contribution in [2.75, 3.05) is 11.9 Å². The lowest BCUT2D eigenvalue weighted by molar-refractivity contribution is 0.518. The van der Waals surface area contributed by atoms with Gasteiger partial charge in [-0.05, 0) is 18.8 Å². The molecule has 1 aromatic heterocycles. The summed E-state index contributed by atoms with van der Waals surface area (Å²) in [6.45, 7) is 3.70. The smallest absolute Gasteiger partial charge is 0.293 e. The predicted molar refractivity (Wildman–Crippen MR) is 73.9 cm³/mol. The molecule has 0 aromatic carbocycles. The van der Waals surface area contributed by atoms with Crippen LogP contribution in [0.1, 0.15) is 45.4 Å². The van der Waals surface area contributed by atoms with Gasteiger partial charge in [0.2, 0.25) is 0 Å². The molecule has 1 heterocycles. The van der Waals surface area contributed by atoms with E-state index < -0.39 is 0 Å². The summed E-state index contributed by atoms with van der Waals surface area (Å²) < 4.78 is 1.73. The summed E-state index contributed by atoms with van der Waals surface area (Å²) in [4.78, 5) is 16.2. The van der Waals surface area contributed by atoms with Crippen LogP contribution in [0.2, 0.25) is 0 Å². The van der Waals surface area contributed by atoms with Gasteiger partial charge in [0.25, 0.3) is 5.56 Å². The Morgan fingerprint density at radius 1 is 1.44 bits per heavy atom. The number of hydrogen-bond donors (Lipinski definition) is 1. The van der Waals surface area contributed by atoms with Gasteiger partial charge in [-0.3, -0.25) is 4.79 Å². The third-order valence-electron chi connectivity index (χ3n) is 3.70. The van der Waals surface area contributed by atoms with Crippen LogP contribution in [-0.4, -0.2) is 16.1 Å². The summed E-state index contributed by atoms with van der Waals surface area (Å²) in [6.07, 6.45) is 11.0. The van der Waals surface area contributed by atoms with Crippen LogP contribution in [-0.2, 0) is 6.54 Å². The zero-order valence-electron chi connectivity index (χ0n) is 11.2. The predicted octanol–water partition coefficient (Wildman–Crippen LogP) is 2.65. The number of aryl methyl sites for hydroxylation is 1. The molecule has 2 rings (SSSR count). The van der Waals surface area contributed by atoms with E-state index >= 15 is 0 Å². The van der Waals surface area contributed by atoms with Crippen molar-refractivity contribution in [3.8, 4) is 0 Å². The maximum Gasteiger partial charge on any atom is 0.293 e. The van der Waals surface area contributed by atoms with E-state index in [0.29, 0.717) is 5.82 Å². The topological polar surface area (TPSA) is 46.9 Å². The number of aromatic nitrogens is 2. The molecule has 1 aliphatic carbocycles. The highest BCUT2D eigenvalue weighted by Crippen LogP contribution is 2.27. The maximum atomic E-state index is 12.0. The molecule has 18 heavy (non-hydrogen) atoms. The molecule has 0 aliphatic heterocycles. The average molecular weight is 249 g/mol. The second-order valence-corrected chi connectivity index (χ2v) is 5.14. The van der Waals surface area contributed by atoms with E-state index in [1.807, 2.05) is 0 Å². The van der Waals surface area contributed by atoms with E-state index in [1.165, 1.54) is 25.7 Å². The van der Waals surface area contributed by atoms with Crippen LogP contribution < -0.4 is 10.9 Å². The largest absolute Gasteiger partial charge is 0.365 e. The van der Waals surface area contributed by atoms with Crippen molar-refractivity contribution in [2.24, 2.45) is 5.92 Å². The summed E-state index contributed by atoms with van der Waals surface area (Å²) in [5.74, 6) is 1.35. The molecule has 0 saturated heterocycles. The Bertz CT molecular complexity index is 421. The Balaban J connectivity index is 1.88. The minimum absolute atomic E-state index is 0.00534. The number of nitrogens with one attached hydrogen (secondary N) is 1. The third kappa shape index (κ3) is 3.34. The summed E-state index contributed by atoms with van der Waals surface area (Å²) >= 11 is 0. The number of anilines is 1. The normalized spacial score (nSPS) is 16.1. The lowest BCUT2D eigenvalue weighted by Crippen LogP contribution is -2.25. The molecule has 1 aliphatic rings. The van der Waals surface area contributed by atoms with E-state index in [0.717, 1.165) is 31.8 Å². The van der Waals surface area contributed by atoms with E-state index in [1.54, 1.807) is 17.0 Å². The van der Waals surface area contributed by atoms with Crippen LogP contribution in [0.25, 0.3) is 0 Å². The standard InChI is InChI=1S/C14H23N3O/c1-2-10-17-11-9-16-13(14(17)18)15-8-7-12-5-3-4-6-12/h9,11-12H,2-8,10H2,1H3,(H,15,16). The van der Waals surface area contributed by atoms with Crippen LogP contribution in [0.4, 0.5) is 5.82 Å². The summed E-state index contributed by atoms with van der Waals surface area (Å²) in [5, 5.41) is 3.19. The van der Waals surface area contributed by atoms with Gasteiger partial charge in [0.15, 0.2) is 5.82 Å². The Kier molecular flexibility index (Phi) is 4.79. The second-order valence-electron chi connectivity index (χ2n) is 5.14. The highest BCUT2D eigenvalue weighted by Gasteiger charge is 2.14. The minimum atomic E-state index is 0.00534. The van der Waals surface area contributed by atoms with Crippen molar-refractivity contribution in [2.45, 2.75) is 52.0 Å². The first kappa shape index (κ1) is 13.1. The zero-order valence-corrected chi connectivity index (χ0v) is 11.2. The Morgan fingerprint density at radius 3 is 2.94 bits per heavy atom. The van der Waals surface area contributed by atoms with Crippen LogP contribution in [0.5, 0.6) is 0 Å². The number of nitrogens with zero attached hydrogens (tertiary/aromatic N) is 2. The fraction of sp³-hybridized carbons (Fsp3) is 0.714. The van der Waals surface area contributed by atoms with Gasteiger partial charge in [0.05, 0.1) is 0 Å². The molecule has 0 spiro atoms. The quantitative estimate of drug-likeness (QED) is 0.843. The summed E-state index contributed by atoms with van der Waals surface area (Å²) in [6, 6.07) is 0. The molecular formula is C14H23N3O. The molecule has 0 atom stereocenters. The Hall–Kier alpha value is -1.32. The van der Waals surface area contributed by atoms with Crippen molar-refractivity contribution in [1.29, 1.82) is 0 Å². The van der Waals surface area contributed by atoms with Crippen LogP contribution in [0.15, 0.2) is 17.2 Å². The van der Waals surface area contributed by atoms with Crippen molar-refractivity contribution in [3.05, 3.63) is 22.7 Å². The highest BCUT2D eigenvalue weighted by molar-refractivity contribution is 5.30. The first-order chi connectivity index (χ1) is 8.81. The Labute approximate surface area is 108 Å². The molecule has 4 nitrogen and oxygen atoms in total. The average Bonchev–Trinajstić information content (AvgIpc) is 2.87. The fourth-order valence-corrected chi connectivity index (χ4v) is 2.68. The van der Waals surface area contributed by atoms with E-state index in [9.17, 15) is 4.79 Å². The SMILES string of the molecule is CCCn1ccnc(NCCC2CCCC2)c1=O. The number of rotatable bonds is 6. The molecule has 1 saturated carbocycles. The second kappa shape index (κ2) is 6.57. The van der Waals surface area contributed by atoms with Gasteiger partial charge in [-0.2, -0.15) is 0 Å². The molecule has 1 fully saturated rings. The van der Waals surface area contributed by atoms with Crippen LogP contribution in [0, 0.1) is 5.92 Å². The van der Waals surface area contributed by atoms with Gasteiger partial charge in [0, 0.05) is 25.5 Å². The molecule has 0 radical (unpaired) electrons. The van der Waals surface area contributed by atoms with Gasteiger partial charge in [-0.25, -0.2) is 4.98 Å². The van der Waals surface area contributed by atoms with E-state index in [4.69, 9.17) is 0 Å². The highest BCUT2D eigenvalue weighted by atomic mass is 16.1. The minimum Gasteiger partial charge on any atom is -0.365 e. The zero-order chi connectivity index (χ0) is 12.8. The monoisotopic (exact) mass is 249 g/mol. The van der Waals surface area contributed by atoms with Crippen molar-refractivity contribution in [3.63, 3.8) is 0 Å². The fourth-order valence-electron chi connectivity index (χ4n) is 2.68. The van der Waals surface area contributed by atoms with Crippen molar-refractivity contribution in [1.82, 2.24) is 9.55 Å². The molecule has 4 heteroatoms. The third-order valence-corrected chi connectivity index (χ3v) is 3.70. The van der Waals surface area contributed by atoms with Crippen molar-refractivity contribution < 1.29 is 0 Å². The van der Waals surface area contributed by atoms with Gasteiger partial charge >= 0.3 is 0 Å². The van der Waals surface area contributed by atoms with Gasteiger partial charge in [-0.15, -0.1) is 0 Å². The van der Waals surface area contributed by atoms with E-state index in [-0.39, 0.29) is 5.56 Å². The molecule has 1 N–H and O–H groups in total.